The summed E-state index contributed by atoms with van der Waals surface area (Å²) in [5, 5.41) is 13.4. The van der Waals surface area contributed by atoms with Gasteiger partial charge in [-0.05, 0) is 33.3 Å². The third kappa shape index (κ3) is 2.83. The lowest BCUT2D eigenvalue weighted by Gasteiger charge is -2.19. The van der Waals surface area contributed by atoms with Crippen LogP contribution in [0.1, 0.15) is 31.7 Å². The van der Waals surface area contributed by atoms with Crippen LogP contribution in [-0.4, -0.2) is 18.8 Å². The van der Waals surface area contributed by atoms with Crippen LogP contribution in [0.25, 0.3) is 0 Å². The Morgan fingerprint density at radius 1 is 1.69 bits per heavy atom. The van der Waals surface area contributed by atoms with E-state index in [1.807, 2.05) is 33.8 Å². The van der Waals surface area contributed by atoms with Gasteiger partial charge >= 0.3 is 0 Å². The van der Waals surface area contributed by atoms with E-state index in [1.165, 1.54) is 11.8 Å². The summed E-state index contributed by atoms with van der Waals surface area (Å²) < 4.78 is 1.89. The third-order valence-electron chi connectivity index (χ3n) is 2.41. The topological polar surface area (TPSA) is 41.6 Å². The molecule has 0 aliphatic rings. The smallest absolute Gasteiger partial charge is 0.163 e. The summed E-state index contributed by atoms with van der Waals surface area (Å²) in [6.07, 6.45) is 0.758. The highest BCUT2D eigenvalue weighted by molar-refractivity contribution is 8.24. The highest BCUT2D eigenvalue weighted by Gasteiger charge is 2.25. The van der Waals surface area contributed by atoms with Crippen LogP contribution in [0, 0.1) is 25.2 Å². The molecule has 0 aliphatic carbocycles. The number of hydrogen-bond donors (Lipinski definition) is 0. The zero-order valence-electron chi connectivity index (χ0n) is 9.94. The first-order chi connectivity index (χ1) is 7.41. The van der Waals surface area contributed by atoms with Gasteiger partial charge in [0.2, 0.25) is 0 Å². The van der Waals surface area contributed by atoms with Crippen molar-refractivity contribution in [2.45, 2.75) is 38.9 Å². The summed E-state index contributed by atoms with van der Waals surface area (Å²) in [6, 6.07) is 4.26. The Morgan fingerprint density at radius 2 is 2.31 bits per heavy atom. The number of nitrogens with zero attached hydrogens (tertiary/aromatic N) is 3. The second-order valence-corrected chi connectivity index (χ2v) is 6.04. The van der Waals surface area contributed by atoms with E-state index in [0.717, 1.165) is 17.8 Å². The zero-order chi connectivity index (χ0) is 12.3. The molecule has 0 saturated carbocycles. The minimum Gasteiger partial charge on any atom is -0.220 e. The van der Waals surface area contributed by atoms with Gasteiger partial charge in [0.15, 0.2) is 4.32 Å². The molecule has 0 radical (unpaired) electrons. The molecule has 5 heteroatoms. The molecule has 16 heavy (non-hydrogen) atoms. The van der Waals surface area contributed by atoms with Crippen molar-refractivity contribution < 1.29 is 0 Å². The predicted octanol–water partition coefficient (Wildman–Crippen LogP) is 3.06. The normalized spacial score (nSPS) is 14.2. The molecule has 86 valence electrons. The molecule has 1 atom stereocenters. The SMILES string of the molecule is CC[C@@](C)(C#N)SC(=S)n1nc(C)cc1C. The predicted molar refractivity (Wildman–Crippen MR) is 71.6 cm³/mol. The van der Waals surface area contributed by atoms with Gasteiger partial charge in [0.05, 0.1) is 11.8 Å². The maximum atomic E-state index is 9.10. The fourth-order valence-corrected chi connectivity index (χ4v) is 2.81. The molecule has 0 fully saturated rings. The lowest BCUT2D eigenvalue weighted by molar-refractivity contribution is 0.771. The molecule has 0 amide bonds. The quantitative estimate of drug-likeness (QED) is 0.760. The van der Waals surface area contributed by atoms with Crippen LogP contribution in [0.2, 0.25) is 0 Å². The van der Waals surface area contributed by atoms with Crippen molar-refractivity contribution in [3.8, 4) is 6.07 Å². The number of hydrogen-bond acceptors (Lipinski definition) is 4. The molecule has 0 bridgehead atoms. The Morgan fingerprint density at radius 3 is 2.69 bits per heavy atom. The minimum absolute atomic E-state index is 0.469. The Labute approximate surface area is 106 Å². The Bertz CT molecular complexity index is 445. The van der Waals surface area contributed by atoms with Crippen molar-refractivity contribution in [3.05, 3.63) is 17.5 Å². The van der Waals surface area contributed by atoms with Gasteiger partial charge in [-0.15, -0.1) is 0 Å². The number of thiocarbonyl (C=S) groups is 1. The Balaban J connectivity index is 2.89. The molecule has 0 aromatic carbocycles. The third-order valence-corrected chi connectivity index (χ3v) is 4.01. The number of rotatable bonds is 2. The molecule has 1 heterocycles. The summed E-state index contributed by atoms with van der Waals surface area (Å²) in [5.41, 5.74) is 1.95. The van der Waals surface area contributed by atoms with Crippen LogP contribution in [0.3, 0.4) is 0 Å². The average molecular weight is 253 g/mol. The van der Waals surface area contributed by atoms with E-state index in [4.69, 9.17) is 17.5 Å². The maximum absolute atomic E-state index is 9.10. The zero-order valence-corrected chi connectivity index (χ0v) is 11.6. The minimum atomic E-state index is -0.469. The van der Waals surface area contributed by atoms with Gasteiger partial charge in [-0.2, -0.15) is 10.4 Å². The highest BCUT2D eigenvalue weighted by Crippen LogP contribution is 2.29. The van der Waals surface area contributed by atoms with E-state index in [1.54, 1.807) is 4.68 Å². The Hall–Kier alpha value is -0.860. The van der Waals surface area contributed by atoms with Crippen molar-refractivity contribution in [3.63, 3.8) is 0 Å². The summed E-state index contributed by atoms with van der Waals surface area (Å²) in [5.74, 6) is 0. The summed E-state index contributed by atoms with van der Waals surface area (Å²) in [6.45, 7) is 7.78. The molecule has 0 saturated heterocycles. The van der Waals surface area contributed by atoms with Crippen molar-refractivity contribution >= 4 is 28.3 Å². The van der Waals surface area contributed by atoms with Gasteiger partial charge in [-0.3, -0.25) is 0 Å². The van der Waals surface area contributed by atoms with E-state index in [2.05, 4.69) is 11.2 Å². The second kappa shape index (κ2) is 4.98. The molecular weight excluding hydrogens is 238 g/mol. The second-order valence-electron chi connectivity index (χ2n) is 3.90. The van der Waals surface area contributed by atoms with E-state index in [0.29, 0.717) is 4.32 Å². The van der Waals surface area contributed by atoms with Crippen LogP contribution >= 0.6 is 24.0 Å². The Kier molecular flexibility index (Phi) is 4.11. The average Bonchev–Trinajstić information content (AvgIpc) is 2.57. The van der Waals surface area contributed by atoms with Crippen molar-refractivity contribution in [1.82, 2.24) is 9.78 Å². The largest absolute Gasteiger partial charge is 0.220 e. The lowest BCUT2D eigenvalue weighted by Crippen LogP contribution is -2.22. The lowest BCUT2D eigenvalue weighted by atomic mass is 10.1. The standard InChI is InChI=1S/C11H15N3S2/c1-5-11(4,7-12)16-10(15)14-9(3)6-8(2)13-14/h6H,5H2,1-4H3/t11-/m0/s1. The number of aromatic nitrogens is 2. The van der Waals surface area contributed by atoms with Crippen LogP contribution < -0.4 is 0 Å². The van der Waals surface area contributed by atoms with Gasteiger partial charge < -0.3 is 0 Å². The van der Waals surface area contributed by atoms with E-state index in [-0.39, 0.29) is 0 Å². The fraction of sp³-hybridized carbons (Fsp3) is 0.545. The summed E-state index contributed by atoms with van der Waals surface area (Å²) in [4.78, 5) is 0. The van der Waals surface area contributed by atoms with Crippen LogP contribution in [-0.2, 0) is 0 Å². The van der Waals surface area contributed by atoms with E-state index < -0.39 is 4.75 Å². The molecule has 3 nitrogen and oxygen atoms in total. The highest BCUT2D eigenvalue weighted by atomic mass is 32.2. The van der Waals surface area contributed by atoms with E-state index >= 15 is 0 Å². The van der Waals surface area contributed by atoms with Gasteiger partial charge in [0.25, 0.3) is 0 Å². The fourth-order valence-electron chi connectivity index (χ4n) is 1.22. The monoisotopic (exact) mass is 253 g/mol. The van der Waals surface area contributed by atoms with Crippen molar-refractivity contribution in [1.29, 1.82) is 5.26 Å². The van der Waals surface area contributed by atoms with Crippen LogP contribution in [0.4, 0.5) is 0 Å². The molecule has 1 rings (SSSR count). The molecule has 0 unspecified atom stereocenters. The van der Waals surface area contributed by atoms with Crippen LogP contribution in [0.15, 0.2) is 6.07 Å². The first-order valence-electron chi connectivity index (χ1n) is 5.09. The molecule has 0 spiro atoms. The first-order valence-corrected chi connectivity index (χ1v) is 6.32. The molecule has 0 N–H and O–H groups in total. The molecular formula is C11H15N3S2. The van der Waals surface area contributed by atoms with Crippen molar-refractivity contribution in [2.75, 3.05) is 0 Å². The molecule has 1 aromatic rings. The summed E-state index contributed by atoms with van der Waals surface area (Å²) in [7, 11) is 0. The van der Waals surface area contributed by atoms with Crippen LogP contribution in [0.5, 0.6) is 0 Å². The molecule has 1 aromatic heterocycles. The van der Waals surface area contributed by atoms with Crippen molar-refractivity contribution in [2.24, 2.45) is 0 Å². The van der Waals surface area contributed by atoms with Gasteiger partial charge in [0, 0.05) is 5.69 Å². The van der Waals surface area contributed by atoms with Gasteiger partial charge in [-0.1, -0.05) is 30.9 Å². The molecule has 0 aliphatic heterocycles. The summed E-state index contributed by atoms with van der Waals surface area (Å²) >= 11 is 6.71. The first kappa shape index (κ1) is 13.2. The maximum Gasteiger partial charge on any atom is 0.163 e. The number of nitriles is 1. The number of aryl methyl sites for hydroxylation is 2. The van der Waals surface area contributed by atoms with Gasteiger partial charge in [0.1, 0.15) is 4.75 Å². The number of thioether (sulfide) groups is 1. The van der Waals surface area contributed by atoms with E-state index in [9.17, 15) is 0 Å². The van der Waals surface area contributed by atoms with Gasteiger partial charge in [-0.25, -0.2) is 4.68 Å².